The number of hydrogen-bond acceptors (Lipinski definition) is 2. The lowest BCUT2D eigenvalue weighted by Gasteiger charge is -2.25. The maximum absolute atomic E-state index is 13.0. The Morgan fingerprint density at radius 1 is 0.722 bits per heavy atom. The summed E-state index contributed by atoms with van der Waals surface area (Å²) in [6.07, 6.45) is 0. The molecule has 1 heterocycles. The first-order valence-corrected chi connectivity index (χ1v) is 6.96. The smallest absolute Gasteiger partial charge is 0.445 e. The zero-order valence-electron chi connectivity index (χ0n) is 9.07. The molecule has 0 fully saturated rings. The fourth-order valence-corrected chi connectivity index (χ4v) is 4.26. The lowest BCUT2D eigenvalue weighted by molar-refractivity contribution is 0.499. The molecule has 0 N–H and O–H groups in total. The monoisotopic (exact) mass is 283 g/mol. The maximum Gasteiger partial charge on any atom is 0.510 e. The standard InChI is InChI=1S/C12H7BF3S2/c14-13(15,16)8-4-3-7-11-12(8)18-10-6-2-1-5-9(10)17-11/h1-7H/q-1. The lowest BCUT2D eigenvalue weighted by Crippen LogP contribution is -2.36. The summed E-state index contributed by atoms with van der Waals surface area (Å²) in [7, 11) is 0. The molecule has 0 aliphatic carbocycles. The van der Waals surface area contributed by atoms with E-state index >= 15 is 0 Å². The van der Waals surface area contributed by atoms with E-state index in [0.29, 0.717) is 9.79 Å². The molecule has 1 aliphatic rings. The largest absolute Gasteiger partial charge is 0.510 e. The van der Waals surface area contributed by atoms with Gasteiger partial charge in [0.1, 0.15) is 0 Å². The number of hydrogen-bond donors (Lipinski definition) is 0. The molecule has 0 bridgehead atoms. The normalized spacial score (nSPS) is 13.9. The summed E-state index contributed by atoms with van der Waals surface area (Å²) in [5.41, 5.74) is -0.487. The van der Waals surface area contributed by atoms with Crippen molar-refractivity contribution in [3.63, 3.8) is 0 Å². The second kappa shape index (κ2) is 4.28. The van der Waals surface area contributed by atoms with Crippen molar-refractivity contribution in [2.75, 3.05) is 0 Å². The van der Waals surface area contributed by atoms with Gasteiger partial charge in [-0.15, -0.1) is 0 Å². The summed E-state index contributed by atoms with van der Waals surface area (Å²) in [5.74, 6) is 0. The molecule has 0 amide bonds. The maximum atomic E-state index is 13.0. The van der Waals surface area contributed by atoms with Crippen LogP contribution >= 0.6 is 23.5 Å². The minimum absolute atomic E-state index is 0.341. The predicted molar refractivity (Wildman–Crippen MR) is 69.8 cm³/mol. The molecular formula is C12H7BF3S2-. The molecule has 0 atom stereocenters. The molecule has 18 heavy (non-hydrogen) atoms. The van der Waals surface area contributed by atoms with Crippen LogP contribution in [0.4, 0.5) is 12.9 Å². The van der Waals surface area contributed by atoms with Crippen molar-refractivity contribution >= 4 is 36.0 Å². The lowest BCUT2D eigenvalue weighted by atomic mass is 9.80. The molecule has 3 rings (SSSR count). The Kier molecular flexibility index (Phi) is 2.86. The molecule has 0 saturated carbocycles. The molecule has 0 radical (unpaired) electrons. The molecule has 0 aromatic heterocycles. The van der Waals surface area contributed by atoms with Gasteiger partial charge in [0, 0.05) is 14.7 Å². The third kappa shape index (κ3) is 2.03. The molecule has 0 spiro atoms. The Labute approximate surface area is 111 Å². The average molecular weight is 283 g/mol. The van der Waals surface area contributed by atoms with E-state index in [1.807, 2.05) is 24.3 Å². The highest BCUT2D eigenvalue weighted by molar-refractivity contribution is 8.05. The third-order valence-electron chi connectivity index (χ3n) is 2.64. The molecule has 6 heteroatoms. The molecule has 0 unspecified atom stereocenters. The zero-order chi connectivity index (χ0) is 12.8. The quantitative estimate of drug-likeness (QED) is 0.609. The van der Waals surface area contributed by atoms with Crippen molar-refractivity contribution in [3.05, 3.63) is 42.5 Å². The Balaban J connectivity index is 2.14. The van der Waals surface area contributed by atoms with Gasteiger partial charge in [-0.05, 0) is 23.1 Å². The van der Waals surface area contributed by atoms with Crippen LogP contribution in [0.15, 0.2) is 62.0 Å². The van der Waals surface area contributed by atoms with Crippen LogP contribution < -0.4 is 5.46 Å². The Morgan fingerprint density at radius 2 is 1.33 bits per heavy atom. The van der Waals surface area contributed by atoms with Crippen LogP contribution in [0.1, 0.15) is 0 Å². The summed E-state index contributed by atoms with van der Waals surface area (Å²) in [5, 5.41) is 0. The van der Waals surface area contributed by atoms with Gasteiger partial charge in [0.05, 0.1) is 0 Å². The van der Waals surface area contributed by atoms with Crippen LogP contribution in [-0.2, 0) is 0 Å². The molecule has 0 nitrogen and oxygen atoms in total. The van der Waals surface area contributed by atoms with Crippen molar-refractivity contribution in [2.24, 2.45) is 0 Å². The topological polar surface area (TPSA) is 0 Å². The SMILES string of the molecule is F[B-](F)(F)c1cccc2c1Sc1ccccc1S2. The minimum atomic E-state index is -4.96. The van der Waals surface area contributed by atoms with Gasteiger partial charge in [-0.2, -0.15) is 0 Å². The summed E-state index contributed by atoms with van der Waals surface area (Å²) in [6, 6.07) is 11.9. The van der Waals surface area contributed by atoms with Gasteiger partial charge in [-0.1, -0.05) is 53.3 Å². The summed E-state index contributed by atoms with van der Waals surface area (Å²) >= 11 is 2.61. The molecule has 2 aromatic rings. The van der Waals surface area contributed by atoms with Crippen LogP contribution in [0.3, 0.4) is 0 Å². The summed E-state index contributed by atoms with van der Waals surface area (Å²) in [4.78, 5) is 2.94. The van der Waals surface area contributed by atoms with Crippen LogP contribution in [0.5, 0.6) is 0 Å². The number of halogens is 3. The Bertz CT molecular complexity index is 611. The first-order valence-electron chi connectivity index (χ1n) is 5.33. The predicted octanol–water partition coefficient (Wildman–Crippen LogP) is 4.36. The van der Waals surface area contributed by atoms with Crippen molar-refractivity contribution in [2.45, 2.75) is 19.6 Å². The van der Waals surface area contributed by atoms with E-state index in [4.69, 9.17) is 0 Å². The van der Waals surface area contributed by atoms with Gasteiger partial charge in [-0.25, -0.2) is 0 Å². The van der Waals surface area contributed by atoms with E-state index in [-0.39, 0.29) is 0 Å². The second-order valence-corrected chi connectivity index (χ2v) is 6.04. The summed E-state index contributed by atoms with van der Waals surface area (Å²) < 4.78 is 39.0. The molecule has 0 saturated heterocycles. The number of rotatable bonds is 1. The molecule has 2 aromatic carbocycles. The highest BCUT2D eigenvalue weighted by Gasteiger charge is 2.31. The van der Waals surface area contributed by atoms with E-state index < -0.39 is 12.4 Å². The van der Waals surface area contributed by atoms with E-state index in [1.54, 1.807) is 6.07 Å². The average Bonchev–Trinajstić information content (AvgIpc) is 2.34. The fourth-order valence-electron chi connectivity index (χ4n) is 1.83. The first kappa shape index (κ1) is 12.1. The number of fused-ring (bicyclic) bond motifs is 2. The van der Waals surface area contributed by atoms with Crippen molar-refractivity contribution < 1.29 is 12.9 Å². The van der Waals surface area contributed by atoms with E-state index in [0.717, 1.165) is 9.79 Å². The van der Waals surface area contributed by atoms with E-state index in [1.165, 1.54) is 35.7 Å². The van der Waals surface area contributed by atoms with Crippen LogP contribution in [-0.4, -0.2) is 6.98 Å². The van der Waals surface area contributed by atoms with E-state index in [9.17, 15) is 12.9 Å². The summed E-state index contributed by atoms with van der Waals surface area (Å²) in [6.45, 7) is -4.96. The van der Waals surface area contributed by atoms with Crippen molar-refractivity contribution in [3.8, 4) is 0 Å². The molecule has 1 aliphatic heterocycles. The van der Waals surface area contributed by atoms with Gasteiger partial charge in [0.25, 0.3) is 0 Å². The van der Waals surface area contributed by atoms with Crippen molar-refractivity contribution in [1.82, 2.24) is 0 Å². The third-order valence-corrected chi connectivity index (χ3v) is 5.27. The Hall–Kier alpha value is -1.01. The molecule has 92 valence electrons. The van der Waals surface area contributed by atoms with Gasteiger partial charge < -0.3 is 12.9 Å². The Morgan fingerprint density at radius 3 is 2.00 bits per heavy atom. The van der Waals surface area contributed by atoms with E-state index in [2.05, 4.69) is 0 Å². The highest BCUT2D eigenvalue weighted by Crippen LogP contribution is 2.47. The fraction of sp³-hybridized carbons (Fsp3) is 0. The first-order chi connectivity index (χ1) is 8.55. The van der Waals surface area contributed by atoms with Crippen LogP contribution in [0, 0.1) is 0 Å². The van der Waals surface area contributed by atoms with Gasteiger partial charge >= 0.3 is 6.98 Å². The van der Waals surface area contributed by atoms with Crippen molar-refractivity contribution in [1.29, 1.82) is 0 Å². The van der Waals surface area contributed by atoms with Gasteiger partial charge in [-0.3, -0.25) is 0 Å². The minimum Gasteiger partial charge on any atom is -0.445 e. The van der Waals surface area contributed by atoms with Crippen LogP contribution in [0.25, 0.3) is 0 Å². The second-order valence-electron chi connectivity index (χ2n) is 3.90. The van der Waals surface area contributed by atoms with Gasteiger partial charge in [0.2, 0.25) is 0 Å². The number of benzene rings is 2. The zero-order valence-corrected chi connectivity index (χ0v) is 10.7. The molecular weight excluding hydrogens is 276 g/mol. The van der Waals surface area contributed by atoms with Crippen LogP contribution in [0.2, 0.25) is 0 Å². The highest BCUT2D eigenvalue weighted by atomic mass is 32.2. The van der Waals surface area contributed by atoms with Gasteiger partial charge in [0.15, 0.2) is 0 Å².